The molecule has 2 aliphatic rings. The van der Waals surface area contributed by atoms with Crippen molar-refractivity contribution in [3.63, 3.8) is 0 Å². The number of morpholine rings is 1. The number of ether oxygens (including phenoxy) is 1. The molecule has 2 amide bonds. The SMILES string of the molecule is CC(C)(C)C(=O)N1CCC(C(=O)N2CCOC(c3ccccc3)C2)CC1. The van der Waals surface area contributed by atoms with Gasteiger partial charge in [-0.2, -0.15) is 0 Å². The van der Waals surface area contributed by atoms with Gasteiger partial charge in [-0.25, -0.2) is 0 Å². The Hall–Kier alpha value is -1.88. The van der Waals surface area contributed by atoms with Crippen molar-refractivity contribution in [2.24, 2.45) is 11.3 Å². The maximum Gasteiger partial charge on any atom is 0.227 e. The van der Waals surface area contributed by atoms with E-state index in [1.54, 1.807) is 0 Å². The molecular weight excluding hydrogens is 328 g/mol. The summed E-state index contributed by atoms with van der Waals surface area (Å²) in [5, 5.41) is 0. The first-order valence-corrected chi connectivity index (χ1v) is 9.61. The van der Waals surface area contributed by atoms with E-state index in [0.29, 0.717) is 32.8 Å². The summed E-state index contributed by atoms with van der Waals surface area (Å²) in [5.74, 6) is 0.421. The second-order valence-electron chi connectivity index (χ2n) is 8.37. The highest BCUT2D eigenvalue weighted by Crippen LogP contribution is 2.27. The van der Waals surface area contributed by atoms with E-state index in [1.807, 2.05) is 48.8 Å². The number of hydrogen-bond donors (Lipinski definition) is 0. The van der Waals surface area contributed by atoms with Crippen molar-refractivity contribution < 1.29 is 14.3 Å². The molecule has 1 aromatic rings. The molecule has 1 aromatic carbocycles. The predicted octanol–water partition coefficient (Wildman–Crippen LogP) is 2.87. The van der Waals surface area contributed by atoms with Crippen LogP contribution >= 0.6 is 0 Å². The first kappa shape index (κ1) is 18.9. The highest BCUT2D eigenvalue weighted by atomic mass is 16.5. The minimum atomic E-state index is -0.357. The molecule has 142 valence electrons. The molecule has 0 aliphatic carbocycles. The van der Waals surface area contributed by atoms with Crippen LogP contribution in [-0.2, 0) is 14.3 Å². The molecule has 2 fully saturated rings. The molecule has 3 rings (SSSR count). The number of amides is 2. The van der Waals surface area contributed by atoms with E-state index in [9.17, 15) is 9.59 Å². The van der Waals surface area contributed by atoms with Gasteiger partial charge in [-0.05, 0) is 18.4 Å². The maximum atomic E-state index is 13.0. The van der Waals surface area contributed by atoms with Crippen LogP contribution in [0, 0.1) is 11.3 Å². The molecule has 1 unspecified atom stereocenters. The van der Waals surface area contributed by atoms with Crippen LogP contribution in [0.5, 0.6) is 0 Å². The Balaban J connectivity index is 1.56. The van der Waals surface area contributed by atoms with E-state index in [1.165, 1.54) is 0 Å². The second kappa shape index (κ2) is 7.78. The lowest BCUT2D eigenvalue weighted by Gasteiger charge is -2.39. The Morgan fingerprint density at radius 2 is 1.65 bits per heavy atom. The molecule has 5 heteroatoms. The Morgan fingerprint density at radius 3 is 2.27 bits per heavy atom. The standard InChI is InChI=1S/C21H30N2O3/c1-21(2,3)20(25)22-11-9-17(10-12-22)19(24)23-13-14-26-18(15-23)16-7-5-4-6-8-16/h4-8,17-18H,9-15H2,1-3H3. The molecule has 0 N–H and O–H groups in total. The van der Waals surface area contributed by atoms with Gasteiger partial charge in [0.25, 0.3) is 0 Å². The van der Waals surface area contributed by atoms with Gasteiger partial charge in [-0.3, -0.25) is 9.59 Å². The van der Waals surface area contributed by atoms with Crippen LogP contribution in [-0.4, -0.2) is 54.4 Å². The molecule has 5 nitrogen and oxygen atoms in total. The minimum Gasteiger partial charge on any atom is -0.370 e. The molecule has 0 aromatic heterocycles. The summed E-state index contributed by atoms with van der Waals surface area (Å²) in [5.41, 5.74) is 0.764. The monoisotopic (exact) mass is 358 g/mol. The lowest BCUT2D eigenvalue weighted by atomic mass is 9.90. The van der Waals surface area contributed by atoms with Crippen molar-refractivity contribution >= 4 is 11.8 Å². The van der Waals surface area contributed by atoms with Gasteiger partial charge in [-0.1, -0.05) is 51.1 Å². The molecule has 0 saturated carbocycles. The van der Waals surface area contributed by atoms with Crippen LogP contribution in [0.25, 0.3) is 0 Å². The molecule has 0 spiro atoms. The maximum absolute atomic E-state index is 13.0. The lowest BCUT2D eigenvalue weighted by molar-refractivity contribution is -0.148. The molecule has 2 saturated heterocycles. The zero-order valence-corrected chi connectivity index (χ0v) is 16.1. The Bertz CT molecular complexity index is 630. The van der Waals surface area contributed by atoms with Crippen molar-refractivity contribution in [3.8, 4) is 0 Å². The summed E-state index contributed by atoms with van der Waals surface area (Å²) in [6.07, 6.45) is 1.47. The quantitative estimate of drug-likeness (QED) is 0.817. The highest BCUT2D eigenvalue weighted by Gasteiger charge is 2.35. The first-order chi connectivity index (χ1) is 12.4. The van der Waals surface area contributed by atoms with Gasteiger partial charge >= 0.3 is 0 Å². The zero-order chi connectivity index (χ0) is 18.7. The van der Waals surface area contributed by atoms with Gasteiger partial charge in [0.05, 0.1) is 13.2 Å². The predicted molar refractivity (Wildman–Crippen MR) is 100 cm³/mol. The topological polar surface area (TPSA) is 49.9 Å². The lowest BCUT2D eigenvalue weighted by Crippen LogP contribution is -2.49. The number of hydrogen-bond acceptors (Lipinski definition) is 3. The third-order valence-electron chi connectivity index (χ3n) is 5.32. The third kappa shape index (κ3) is 4.26. The van der Waals surface area contributed by atoms with Crippen molar-refractivity contribution in [2.45, 2.75) is 39.7 Å². The molecule has 1 atom stereocenters. The fraction of sp³-hybridized carbons (Fsp3) is 0.619. The van der Waals surface area contributed by atoms with E-state index in [2.05, 4.69) is 12.1 Å². The molecule has 0 radical (unpaired) electrons. The van der Waals surface area contributed by atoms with Crippen molar-refractivity contribution in [1.82, 2.24) is 9.80 Å². The minimum absolute atomic E-state index is 0.0218. The van der Waals surface area contributed by atoms with Gasteiger partial charge in [0.15, 0.2) is 0 Å². The highest BCUT2D eigenvalue weighted by molar-refractivity contribution is 5.82. The summed E-state index contributed by atoms with van der Waals surface area (Å²) in [6.45, 7) is 9.05. The summed E-state index contributed by atoms with van der Waals surface area (Å²) in [7, 11) is 0. The fourth-order valence-electron chi connectivity index (χ4n) is 3.78. The Morgan fingerprint density at radius 1 is 1.00 bits per heavy atom. The van der Waals surface area contributed by atoms with E-state index in [0.717, 1.165) is 18.4 Å². The second-order valence-corrected chi connectivity index (χ2v) is 8.37. The summed E-state index contributed by atoms with van der Waals surface area (Å²) in [6, 6.07) is 10.1. The summed E-state index contributed by atoms with van der Waals surface area (Å²) < 4.78 is 5.87. The van der Waals surface area contributed by atoms with Crippen LogP contribution in [0.1, 0.15) is 45.3 Å². The van der Waals surface area contributed by atoms with Crippen LogP contribution in [0.15, 0.2) is 30.3 Å². The average Bonchev–Trinajstić information content (AvgIpc) is 2.67. The number of benzene rings is 1. The fourth-order valence-corrected chi connectivity index (χ4v) is 3.78. The molecule has 26 heavy (non-hydrogen) atoms. The number of rotatable bonds is 2. The van der Waals surface area contributed by atoms with E-state index in [4.69, 9.17) is 4.74 Å². The van der Waals surface area contributed by atoms with E-state index in [-0.39, 0.29) is 29.3 Å². The number of nitrogens with zero attached hydrogens (tertiary/aromatic N) is 2. The van der Waals surface area contributed by atoms with E-state index >= 15 is 0 Å². The molecule has 2 heterocycles. The number of carbonyl (C=O) groups is 2. The van der Waals surface area contributed by atoms with Crippen LogP contribution < -0.4 is 0 Å². The molecule has 0 bridgehead atoms. The van der Waals surface area contributed by atoms with Gasteiger partial charge < -0.3 is 14.5 Å². The molecular formula is C21H30N2O3. The summed E-state index contributed by atoms with van der Waals surface area (Å²) in [4.78, 5) is 29.2. The van der Waals surface area contributed by atoms with Gasteiger partial charge in [-0.15, -0.1) is 0 Å². The largest absolute Gasteiger partial charge is 0.370 e. The number of piperidine rings is 1. The average molecular weight is 358 g/mol. The Kier molecular flexibility index (Phi) is 5.66. The van der Waals surface area contributed by atoms with Crippen LogP contribution in [0.3, 0.4) is 0 Å². The van der Waals surface area contributed by atoms with Crippen LogP contribution in [0.2, 0.25) is 0 Å². The first-order valence-electron chi connectivity index (χ1n) is 9.61. The normalized spacial score (nSPS) is 22.3. The van der Waals surface area contributed by atoms with Crippen molar-refractivity contribution in [2.75, 3.05) is 32.8 Å². The van der Waals surface area contributed by atoms with Crippen molar-refractivity contribution in [3.05, 3.63) is 35.9 Å². The smallest absolute Gasteiger partial charge is 0.227 e. The number of likely N-dealkylation sites (tertiary alicyclic amines) is 1. The Labute approximate surface area is 156 Å². The van der Waals surface area contributed by atoms with Gasteiger partial charge in [0, 0.05) is 31.0 Å². The number of carbonyl (C=O) groups excluding carboxylic acids is 2. The van der Waals surface area contributed by atoms with E-state index < -0.39 is 0 Å². The third-order valence-corrected chi connectivity index (χ3v) is 5.32. The van der Waals surface area contributed by atoms with Gasteiger partial charge in [0.1, 0.15) is 6.10 Å². The zero-order valence-electron chi connectivity index (χ0n) is 16.1. The molecule has 2 aliphatic heterocycles. The van der Waals surface area contributed by atoms with Gasteiger partial charge in [0.2, 0.25) is 11.8 Å². The van der Waals surface area contributed by atoms with Crippen LogP contribution in [0.4, 0.5) is 0 Å². The summed E-state index contributed by atoms with van der Waals surface area (Å²) >= 11 is 0. The van der Waals surface area contributed by atoms with Crippen molar-refractivity contribution in [1.29, 1.82) is 0 Å².